The van der Waals surface area contributed by atoms with Gasteiger partial charge in [-0.25, -0.2) is 0 Å². The number of hydrogen-bond acceptors (Lipinski definition) is 1. The van der Waals surface area contributed by atoms with Crippen molar-refractivity contribution in [3.63, 3.8) is 0 Å². The van der Waals surface area contributed by atoms with Crippen molar-refractivity contribution in [3.05, 3.63) is 0 Å². The average molecular weight is 132 g/mol. The second-order valence-corrected chi connectivity index (χ2v) is 3.12. The van der Waals surface area contributed by atoms with Crippen molar-refractivity contribution in [1.82, 2.24) is 0 Å². The number of hydrogen-bond donors (Lipinski definition) is 0. The van der Waals surface area contributed by atoms with E-state index in [1.54, 1.807) is 0 Å². The second kappa shape index (κ2) is 3.25. The van der Waals surface area contributed by atoms with Crippen LogP contribution < -0.4 is 0 Å². The molecule has 0 aromatic carbocycles. The zero-order valence-electron chi connectivity index (χ0n) is 6.32. The number of rotatable bonds is 3. The first-order valence-electron chi connectivity index (χ1n) is 3.26. The molecule has 0 aliphatic heterocycles. The molecule has 0 N–H and O–H groups in total. The molecule has 0 aliphatic carbocycles. The molecular formula is C6H16OSi. The van der Waals surface area contributed by atoms with Gasteiger partial charge in [-0.05, 0) is 20.3 Å². The summed E-state index contributed by atoms with van der Waals surface area (Å²) in [7, 11) is 1.15. The summed E-state index contributed by atoms with van der Waals surface area (Å²) < 4.78 is 5.44. The molecule has 0 aromatic heterocycles. The monoisotopic (exact) mass is 132 g/mol. The summed E-state index contributed by atoms with van der Waals surface area (Å²) in [5.41, 5.74) is 0.127. The van der Waals surface area contributed by atoms with E-state index in [-0.39, 0.29) is 5.60 Å². The van der Waals surface area contributed by atoms with E-state index in [0.717, 1.165) is 22.9 Å². The fourth-order valence-corrected chi connectivity index (χ4v) is 1.27. The van der Waals surface area contributed by atoms with Crippen molar-refractivity contribution in [1.29, 1.82) is 0 Å². The largest absolute Gasteiger partial charge is 0.380 e. The van der Waals surface area contributed by atoms with E-state index in [4.69, 9.17) is 4.74 Å². The summed E-state index contributed by atoms with van der Waals surface area (Å²) in [5.74, 6) is 0. The normalized spacial score (nSPS) is 12.4. The quantitative estimate of drug-likeness (QED) is 0.509. The zero-order chi connectivity index (χ0) is 6.62. The first-order valence-corrected chi connectivity index (χ1v) is 4.67. The third-order valence-electron chi connectivity index (χ3n) is 1.39. The first-order chi connectivity index (χ1) is 3.62. The van der Waals surface area contributed by atoms with Gasteiger partial charge < -0.3 is 4.74 Å². The standard InChI is InChI=1S/C6H16OSi/c1-4-6(2,3)7-5-8/h4-5H2,1-3,8H3. The molecule has 0 amide bonds. The summed E-state index contributed by atoms with van der Waals surface area (Å²) in [4.78, 5) is 0. The molecule has 0 radical (unpaired) electrons. The van der Waals surface area contributed by atoms with E-state index in [0.29, 0.717) is 0 Å². The Morgan fingerprint density at radius 1 is 1.50 bits per heavy atom. The Hall–Kier alpha value is 0.177. The molecule has 0 spiro atoms. The third-order valence-corrected chi connectivity index (χ3v) is 1.68. The van der Waals surface area contributed by atoms with E-state index < -0.39 is 0 Å². The van der Waals surface area contributed by atoms with Gasteiger partial charge in [-0.3, -0.25) is 0 Å². The van der Waals surface area contributed by atoms with Gasteiger partial charge in [-0.1, -0.05) is 6.92 Å². The lowest BCUT2D eigenvalue weighted by Gasteiger charge is -2.21. The van der Waals surface area contributed by atoms with E-state index in [2.05, 4.69) is 20.8 Å². The van der Waals surface area contributed by atoms with Crippen LogP contribution in [-0.2, 0) is 4.74 Å². The summed E-state index contributed by atoms with van der Waals surface area (Å²) >= 11 is 0. The maximum atomic E-state index is 5.44. The van der Waals surface area contributed by atoms with E-state index in [1.165, 1.54) is 0 Å². The molecule has 2 heteroatoms. The van der Waals surface area contributed by atoms with Crippen LogP contribution in [0.1, 0.15) is 27.2 Å². The van der Waals surface area contributed by atoms with Crippen LogP contribution in [0.15, 0.2) is 0 Å². The Kier molecular flexibility index (Phi) is 3.32. The summed E-state index contributed by atoms with van der Waals surface area (Å²) in [6, 6.07) is 0. The zero-order valence-corrected chi connectivity index (χ0v) is 8.32. The fourth-order valence-electron chi connectivity index (χ4n) is 0.493. The van der Waals surface area contributed by atoms with Crippen molar-refractivity contribution in [2.75, 3.05) is 6.23 Å². The van der Waals surface area contributed by atoms with E-state index in [9.17, 15) is 0 Å². The van der Waals surface area contributed by atoms with Crippen molar-refractivity contribution in [2.45, 2.75) is 32.8 Å². The van der Waals surface area contributed by atoms with Gasteiger partial charge in [0.2, 0.25) is 0 Å². The molecule has 0 saturated heterocycles. The average Bonchev–Trinajstić information content (AvgIpc) is 1.67. The Bertz CT molecular complexity index is 61.5. The molecule has 50 valence electrons. The van der Waals surface area contributed by atoms with Crippen LogP contribution in [0.4, 0.5) is 0 Å². The van der Waals surface area contributed by atoms with E-state index >= 15 is 0 Å². The van der Waals surface area contributed by atoms with Crippen LogP contribution in [0.25, 0.3) is 0 Å². The van der Waals surface area contributed by atoms with Gasteiger partial charge in [0, 0.05) is 16.5 Å². The van der Waals surface area contributed by atoms with Gasteiger partial charge in [0.15, 0.2) is 0 Å². The number of ether oxygens (including phenoxy) is 1. The molecule has 0 unspecified atom stereocenters. The minimum atomic E-state index is 0.127. The maximum Gasteiger partial charge on any atom is 0.0619 e. The molecule has 8 heavy (non-hydrogen) atoms. The molecule has 0 saturated carbocycles. The van der Waals surface area contributed by atoms with Crippen molar-refractivity contribution < 1.29 is 4.74 Å². The Morgan fingerprint density at radius 2 is 2.00 bits per heavy atom. The fraction of sp³-hybridized carbons (Fsp3) is 1.00. The van der Waals surface area contributed by atoms with E-state index in [1.807, 2.05) is 0 Å². The Labute approximate surface area is 54.8 Å². The summed E-state index contributed by atoms with van der Waals surface area (Å²) in [5, 5.41) is 0. The predicted octanol–water partition coefficient (Wildman–Crippen LogP) is 0.514. The van der Waals surface area contributed by atoms with Crippen LogP contribution >= 0.6 is 0 Å². The van der Waals surface area contributed by atoms with Crippen LogP contribution in [0.5, 0.6) is 0 Å². The van der Waals surface area contributed by atoms with Crippen molar-refractivity contribution >= 4 is 10.2 Å². The lowest BCUT2D eigenvalue weighted by molar-refractivity contribution is 0.00676. The SMILES string of the molecule is CCC(C)(C)OC[SiH3]. The molecule has 0 aliphatic rings. The molecule has 0 fully saturated rings. The van der Waals surface area contributed by atoms with Gasteiger partial charge >= 0.3 is 0 Å². The molecule has 0 heterocycles. The predicted molar refractivity (Wildman–Crippen MR) is 40.3 cm³/mol. The molecule has 1 nitrogen and oxygen atoms in total. The van der Waals surface area contributed by atoms with Crippen LogP contribution in [-0.4, -0.2) is 22.1 Å². The highest BCUT2D eigenvalue weighted by atomic mass is 28.1. The molecule has 0 atom stereocenters. The van der Waals surface area contributed by atoms with Crippen LogP contribution in [0, 0.1) is 0 Å². The minimum absolute atomic E-state index is 0.127. The highest BCUT2D eigenvalue weighted by Gasteiger charge is 2.12. The van der Waals surface area contributed by atoms with Crippen LogP contribution in [0.2, 0.25) is 0 Å². The highest BCUT2D eigenvalue weighted by molar-refractivity contribution is 6.08. The van der Waals surface area contributed by atoms with Gasteiger partial charge in [0.25, 0.3) is 0 Å². The van der Waals surface area contributed by atoms with Gasteiger partial charge in [-0.15, -0.1) is 0 Å². The Balaban J connectivity index is 3.37. The lowest BCUT2D eigenvalue weighted by Crippen LogP contribution is -2.23. The van der Waals surface area contributed by atoms with Gasteiger partial charge in [-0.2, -0.15) is 0 Å². The van der Waals surface area contributed by atoms with Crippen molar-refractivity contribution in [2.24, 2.45) is 0 Å². The molecule has 0 bridgehead atoms. The second-order valence-electron chi connectivity index (χ2n) is 2.55. The van der Waals surface area contributed by atoms with Gasteiger partial charge in [0.1, 0.15) is 0 Å². The smallest absolute Gasteiger partial charge is 0.0619 e. The highest BCUT2D eigenvalue weighted by Crippen LogP contribution is 2.11. The third kappa shape index (κ3) is 3.21. The molecule has 0 aromatic rings. The van der Waals surface area contributed by atoms with Gasteiger partial charge in [0.05, 0.1) is 5.60 Å². The first kappa shape index (κ1) is 8.18. The lowest BCUT2D eigenvalue weighted by atomic mass is 10.1. The topological polar surface area (TPSA) is 9.23 Å². The maximum absolute atomic E-state index is 5.44. The van der Waals surface area contributed by atoms with Crippen molar-refractivity contribution in [3.8, 4) is 0 Å². The summed E-state index contributed by atoms with van der Waals surface area (Å²) in [6.07, 6.45) is 2.07. The van der Waals surface area contributed by atoms with Crippen LogP contribution in [0.3, 0.4) is 0 Å². The minimum Gasteiger partial charge on any atom is -0.380 e. The molecular weight excluding hydrogens is 116 g/mol. The summed E-state index contributed by atoms with van der Waals surface area (Å²) in [6.45, 7) is 6.41. The Morgan fingerprint density at radius 3 is 2.12 bits per heavy atom. The molecule has 0 rings (SSSR count).